The van der Waals surface area contributed by atoms with Gasteiger partial charge in [0.15, 0.2) is 0 Å². The van der Waals surface area contributed by atoms with E-state index in [0.29, 0.717) is 13.0 Å². The van der Waals surface area contributed by atoms with Crippen LogP contribution < -0.4 is 11.6 Å². The topological polar surface area (TPSA) is 70.9 Å². The van der Waals surface area contributed by atoms with E-state index in [-0.39, 0.29) is 5.56 Å². The molecular weight excluding hydrogens is 252 g/mol. The number of nitrogens with two attached hydrogens (primary N) is 2. The summed E-state index contributed by atoms with van der Waals surface area (Å²) in [6, 6.07) is 2.68. The second-order valence-corrected chi connectivity index (χ2v) is 4.42. The van der Waals surface area contributed by atoms with Crippen LogP contribution in [0.15, 0.2) is 23.3 Å². The summed E-state index contributed by atoms with van der Waals surface area (Å²) in [5.41, 5.74) is 5.34. The van der Waals surface area contributed by atoms with Crippen molar-refractivity contribution in [3.8, 4) is 0 Å². The Labute approximate surface area is 111 Å². The lowest BCUT2D eigenvalue weighted by molar-refractivity contribution is 0.183. The van der Waals surface area contributed by atoms with Crippen molar-refractivity contribution in [3.63, 3.8) is 0 Å². The fourth-order valence-corrected chi connectivity index (χ4v) is 1.74. The highest BCUT2D eigenvalue weighted by Crippen LogP contribution is 2.25. The average Bonchev–Trinajstić information content (AvgIpc) is 2.33. The van der Waals surface area contributed by atoms with Crippen molar-refractivity contribution in [1.29, 1.82) is 0 Å². The molecule has 0 fully saturated rings. The lowest BCUT2D eigenvalue weighted by Crippen LogP contribution is -2.33. The summed E-state index contributed by atoms with van der Waals surface area (Å²) in [5, 5.41) is 4.75. The molecule has 0 bridgehead atoms. The fraction of sp³-hybridized carbons (Fsp3) is 0.417. The Morgan fingerprint density at radius 3 is 2.63 bits per heavy atom. The Hall–Kier alpha value is -1.73. The first-order valence-corrected chi connectivity index (χ1v) is 5.83. The van der Waals surface area contributed by atoms with E-state index in [1.54, 1.807) is 0 Å². The molecular formula is C12H19F2N5. The summed E-state index contributed by atoms with van der Waals surface area (Å²) in [6.07, 6.45) is 1.50. The SMILES string of the molecule is CN(C)CCC(c1cc(F)ccc1F)N(N)/N=C\N. The molecule has 0 heterocycles. The highest BCUT2D eigenvalue weighted by atomic mass is 19.1. The molecule has 1 aromatic carbocycles. The molecule has 0 amide bonds. The minimum Gasteiger partial charge on any atom is -0.388 e. The third kappa shape index (κ3) is 4.46. The van der Waals surface area contributed by atoms with E-state index < -0.39 is 17.7 Å². The maximum absolute atomic E-state index is 13.8. The summed E-state index contributed by atoms with van der Waals surface area (Å²) >= 11 is 0. The van der Waals surface area contributed by atoms with E-state index in [1.807, 2.05) is 19.0 Å². The normalized spacial score (nSPS) is 13.2. The lowest BCUT2D eigenvalue weighted by atomic mass is 10.0. The maximum Gasteiger partial charge on any atom is 0.128 e. The molecule has 7 heteroatoms. The molecule has 0 aliphatic heterocycles. The van der Waals surface area contributed by atoms with Gasteiger partial charge in [-0.15, -0.1) is 0 Å². The summed E-state index contributed by atoms with van der Waals surface area (Å²) in [4.78, 5) is 1.92. The van der Waals surface area contributed by atoms with Gasteiger partial charge in [0.05, 0.1) is 6.04 Å². The first-order valence-electron chi connectivity index (χ1n) is 5.83. The molecule has 1 rings (SSSR count). The first-order chi connectivity index (χ1) is 8.95. The van der Waals surface area contributed by atoms with Gasteiger partial charge in [-0.1, -0.05) is 0 Å². The molecule has 0 spiro atoms. The second kappa shape index (κ2) is 7.01. The van der Waals surface area contributed by atoms with Gasteiger partial charge < -0.3 is 10.6 Å². The van der Waals surface area contributed by atoms with E-state index in [4.69, 9.17) is 11.6 Å². The number of hydrogen-bond donors (Lipinski definition) is 2. The maximum atomic E-state index is 13.8. The van der Waals surface area contributed by atoms with Crippen molar-refractivity contribution in [2.75, 3.05) is 20.6 Å². The summed E-state index contributed by atoms with van der Waals surface area (Å²) < 4.78 is 27.1. The van der Waals surface area contributed by atoms with Crippen LogP contribution in [0.4, 0.5) is 8.78 Å². The van der Waals surface area contributed by atoms with Crippen molar-refractivity contribution >= 4 is 6.34 Å². The van der Waals surface area contributed by atoms with Gasteiger partial charge in [0.1, 0.15) is 18.0 Å². The number of hydrazine groups is 1. The largest absolute Gasteiger partial charge is 0.388 e. The van der Waals surface area contributed by atoms with Crippen LogP contribution in [0.1, 0.15) is 18.0 Å². The predicted molar refractivity (Wildman–Crippen MR) is 71.0 cm³/mol. The molecule has 0 aliphatic carbocycles. The monoisotopic (exact) mass is 271 g/mol. The fourth-order valence-electron chi connectivity index (χ4n) is 1.74. The molecule has 1 aromatic rings. The molecule has 0 radical (unpaired) electrons. The standard InChI is InChI=1S/C12H19F2N5/c1-18(2)6-5-12(19(16)17-8-15)10-7-9(13)3-4-11(10)14/h3-4,7-8,12H,5-6,16H2,1-2H3,(H2,15,17). The lowest BCUT2D eigenvalue weighted by Gasteiger charge is -2.26. The first kappa shape index (κ1) is 15.3. The highest BCUT2D eigenvalue weighted by molar-refractivity contribution is 5.50. The average molecular weight is 271 g/mol. The summed E-state index contributed by atoms with van der Waals surface area (Å²) in [6.45, 7) is 0.647. The van der Waals surface area contributed by atoms with E-state index in [1.165, 1.54) is 0 Å². The van der Waals surface area contributed by atoms with Crippen LogP contribution in [0.25, 0.3) is 0 Å². The van der Waals surface area contributed by atoms with Crippen LogP contribution in [-0.2, 0) is 0 Å². The smallest absolute Gasteiger partial charge is 0.128 e. The van der Waals surface area contributed by atoms with E-state index in [2.05, 4.69) is 5.10 Å². The molecule has 1 atom stereocenters. The zero-order chi connectivity index (χ0) is 14.4. The number of nitrogens with zero attached hydrogens (tertiary/aromatic N) is 3. The molecule has 0 saturated carbocycles. The molecule has 106 valence electrons. The second-order valence-electron chi connectivity index (χ2n) is 4.42. The van der Waals surface area contributed by atoms with Crippen LogP contribution in [0, 0.1) is 11.6 Å². The third-order valence-electron chi connectivity index (χ3n) is 2.69. The molecule has 19 heavy (non-hydrogen) atoms. The minimum absolute atomic E-state index is 0.162. The summed E-state index contributed by atoms with van der Waals surface area (Å²) in [5.74, 6) is 4.68. The molecule has 5 nitrogen and oxygen atoms in total. The number of hydrazone groups is 1. The number of rotatable bonds is 6. The van der Waals surface area contributed by atoms with Crippen LogP contribution in [0.3, 0.4) is 0 Å². The Morgan fingerprint density at radius 2 is 2.05 bits per heavy atom. The van der Waals surface area contributed by atoms with Gasteiger partial charge in [-0.25, -0.2) is 19.7 Å². The molecule has 0 aliphatic rings. The quantitative estimate of drug-likeness (QED) is 0.351. The Kier molecular flexibility index (Phi) is 5.65. The van der Waals surface area contributed by atoms with Crippen LogP contribution in [0.2, 0.25) is 0 Å². The number of benzene rings is 1. The van der Waals surface area contributed by atoms with Gasteiger partial charge in [0.2, 0.25) is 0 Å². The molecule has 4 N–H and O–H groups in total. The van der Waals surface area contributed by atoms with Crippen molar-refractivity contribution in [3.05, 3.63) is 35.4 Å². The predicted octanol–water partition coefficient (Wildman–Crippen LogP) is 1.04. The van der Waals surface area contributed by atoms with Crippen LogP contribution in [0.5, 0.6) is 0 Å². The Balaban J connectivity index is 3.03. The van der Waals surface area contributed by atoms with Crippen LogP contribution in [-0.4, -0.2) is 37.0 Å². The van der Waals surface area contributed by atoms with Gasteiger partial charge in [-0.05, 0) is 45.3 Å². The minimum atomic E-state index is -0.585. The molecule has 0 aromatic heterocycles. The highest BCUT2D eigenvalue weighted by Gasteiger charge is 2.21. The summed E-state index contributed by atoms with van der Waals surface area (Å²) in [7, 11) is 3.76. The van der Waals surface area contributed by atoms with Gasteiger partial charge in [-0.2, -0.15) is 5.10 Å². The van der Waals surface area contributed by atoms with Crippen LogP contribution >= 0.6 is 0 Å². The Bertz CT molecular complexity index is 436. The Morgan fingerprint density at radius 1 is 1.37 bits per heavy atom. The van der Waals surface area contributed by atoms with Gasteiger partial charge in [-0.3, -0.25) is 0 Å². The molecule has 0 saturated heterocycles. The zero-order valence-electron chi connectivity index (χ0n) is 11.1. The van der Waals surface area contributed by atoms with Crippen molar-refractivity contribution in [2.24, 2.45) is 16.7 Å². The van der Waals surface area contributed by atoms with Gasteiger partial charge >= 0.3 is 0 Å². The van der Waals surface area contributed by atoms with Crippen molar-refractivity contribution < 1.29 is 8.78 Å². The van der Waals surface area contributed by atoms with E-state index in [0.717, 1.165) is 29.7 Å². The number of halogens is 2. The number of hydrogen-bond acceptors (Lipinski definition) is 4. The zero-order valence-corrected chi connectivity index (χ0v) is 11.1. The van der Waals surface area contributed by atoms with Gasteiger partial charge in [0.25, 0.3) is 0 Å². The van der Waals surface area contributed by atoms with E-state index >= 15 is 0 Å². The van der Waals surface area contributed by atoms with E-state index in [9.17, 15) is 8.78 Å². The van der Waals surface area contributed by atoms with Crippen molar-refractivity contribution in [2.45, 2.75) is 12.5 Å². The molecule has 1 unspecified atom stereocenters. The van der Waals surface area contributed by atoms with Gasteiger partial charge in [0, 0.05) is 5.56 Å². The van der Waals surface area contributed by atoms with Crippen molar-refractivity contribution in [1.82, 2.24) is 10.0 Å². The third-order valence-corrected chi connectivity index (χ3v) is 2.69.